The molecule has 0 bridgehead atoms. The third-order valence-corrected chi connectivity index (χ3v) is 5.52. The maximum atomic E-state index is 13.3. The average Bonchev–Trinajstić information content (AvgIpc) is 3.44. The van der Waals surface area contributed by atoms with Crippen LogP contribution in [0.1, 0.15) is 49.6 Å². The van der Waals surface area contributed by atoms with Crippen molar-refractivity contribution in [3.8, 4) is 17.1 Å². The summed E-state index contributed by atoms with van der Waals surface area (Å²) in [4.78, 5) is 19.8. The Labute approximate surface area is 170 Å². The fourth-order valence-electron chi connectivity index (χ4n) is 3.95. The predicted molar refractivity (Wildman–Crippen MR) is 109 cm³/mol. The molecule has 1 fully saturated rings. The molecule has 2 heterocycles. The average molecular weight is 391 g/mol. The summed E-state index contributed by atoms with van der Waals surface area (Å²) < 4.78 is 10.8. The van der Waals surface area contributed by atoms with Crippen molar-refractivity contribution in [2.75, 3.05) is 13.7 Å². The Morgan fingerprint density at radius 2 is 1.97 bits per heavy atom. The van der Waals surface area contributed by atoms with Gasteiger partial charge in [0, 0.05) is 12.1 Å². The third-order valence-electron chi connectivity index (χ3n) is 5.52. The summed E-state index contributed by atoms with van der Waals surface area (Å²) in [6.45, 7) is 2.77. The smallest absolute Gasteiger partial charge is 0.249 e. The lowest BCUT2D eigenvalue weighted by molar-refractivity contribution is -0.134. The number of hydrogen-bond donors (Lipinski definition) is 0. The fraction of sp³-hybridized carbons (Fsp3) is 0.348. The van der Waals surface area contributed by atoms with E-state index in [1.54, 1.807) is 7.11 Å². The minimum atomic E-state index is -0.167. The molecule has 6 heteroatoms. The molecule has 1 aliphatic rings. The highest BCUT2D eigenvalue weighted by Gasteiger charge is 2.37. The van der Waals surface area contributed by atoms with Gasteiger partial charge in [0.25, 0.3) is 0 Å². The summed E-state index contributed by atoms with van der Waals surface area (Å²) in [5.74, 6) is 1.78. The molecule has 1 aromatic heterocycles. The van der Waals surface area contributed by atoms with Crippen LogP contribution in [0, 0.1) is 0 Å². The topological polar surface area (TPSA) is 68.5 Å². The van der Waals surface area contributed by atoms with Gasteiger partial charge in [-0.05, 0) is 49.1 Å². The maximum Gasteiger partial charge on any atom is 0.249 e. The van der Waals surface area contributed by atoms with Crippen LogP contribution in [0.4, 0.5) is 0 Å². The number of ether oxygens (including phenoxy) is 1. The highest BCUT2D eigenvalue weighted by molar-refractivity contribution is 5.84. The van der Waals surface area contributed by atoms with Gasteiger partial charge in [-0.15, -0.1) is 0 Å². The lowest BCUT2D eigenvalue weighted by Crippen LogP contribution is -2.34. The van der Waals surface area contributed by atoms with Gasteiger partial charge in [-0.25, -0.2) is 0 Å². The van der Waals surface area contributed by atoms with Gasteiger partial charge >= 0.3 is 0 Å². The number of methoxy groups -OCH3 is 1. The lowest BCUT2D eigenvalue weighted by atomic mass is 9.94. The van der Waals surface area contributed by atoms with E-state index in [9.17, 15) is 4.79 Å². The molecular weight excluding hydrogens is 366 g/mol. The predicted octanol–water partition coefficient (Wildman–Crippen LogP) is 4.60. The van der Waals surface area contributed by atoms with Crippen molar-refractivity contribution in [2.24, 2.45) is 0 Å². The summed E-state index contributed by atoms with van der Waals surface area (Å²) in [5.41, 5.74) is 1.91. The number of rotatable bonds is 6. The molecule has 2 atom stereocenters. The number of carbonyl (C=O) groups excluding carboxylic acids is 1. The lowest BCUT2D eigenvalue weighted by Gasteiger charge is -2.26. The van der Waals surface area contributed by atoms with Crippen LogP contribution >= 0.6 is 0 Å². The van der Waals surface area contributed by atoms with Crippen molar-refractivity contribution in [2.45, 2.75) is 38.1 Å². The van der Waals surface area contributed by atoms with E-state index in [-0.39, 0.29) is 17.9 Å². The van der Waals surface area contributed by atoms with E-state index in [1.807, 2.05) is 59.5 Å². The highest BCUT2D eigenvalue weighted by Crippen LogP contribution is 2.35. The molecule has 2 unspecified atom stereocenters. The molecule has 6 nitrogen and oxygen atoms in total. The number of aromatic nitrogens is 2. The number of nitrogens with zero attached hydrogens (tertiary/aromatic N) is 3. The molecule has 0 saturated carbocycles. The minimum Gasteiger partial charge on any atom is -0.497 e. The number of carbonyl (C=O) groups is 1. The van der Waals surface area contributed by atoms with Crippen LogP contribution in [-0.4, -0.2) is 34.6 Å². The Bertz CT molecular complexity index is 953. The van der Waals surface area contributed by atoms with Gasteiger partial charge in [-0.2, -0.15) is 4.98 Å². The first kappa shape index (κ1) is 19.2. The zero-order chi connectivity index (χ0) is 20.2. The van der Waals surface area contributed by atoms with Crippen LogP contribution in [0.15, 0.2) is 59.1 Å². The van der Waals surface area contributed by atoms with Crippen LogP contribution in [-0.2, 0) is 4.79 Å². The quantitative estimate of drug-likeness (QED) is 0.614. The van der Waals surface area contributed by atoms with Crippen LogP contribution in [0.5, 0.6) is 5.75 Å². The van der Waals surface area contributed by atoms with Gasteiger partial charge in [0.15, 0.2) is 0 Å². The summed E-state index contributed by atoms with van der Waals surface area (Å²) in [5, 5.41) is 4.14. The molecule has 4 rings (SSSR count). The van der Waals surface area contributed by atoms with E-state index in [1.165, 1.54) is 0 Å². The van der Waals surface area contributed by atoms with Crippen LogP contribution in [0.25, 0.3) is 11.4 Å². The van der Waals surface area contributed by atoms with Crippen LogP contribution < -0.4 is 4.74 Å². The Hall–Kier alpha value is -3.15. The number of benzene rings is 2. The maximum absolute atomic E-state index is 13.3. The van der Waals surface area contributed by atoms with E-state index in [0.717, 1.165) is 36.1 Å². The molecule has 0 N–H and O–H groups in total. The Balaban J connectivity index is 1.55. The van der Waals surface area contributed by atoms with Gasteiger partial charge in [0.05, 0.1) is 13.0 Å². The van der Waals surface area contributed by atoms with Crippen molar-refractivity contribution < 1.29 is 14.1 Å². The normalized spacial score (nSPS) is 17.3. The minimum absolute atomic E-state index is 0.130. The second-order valence-corrected chi connectivity index (χ2v) is 7.25. The summed E-state index contributed by atoms with van der Waals surface area (Å²) in [6, 6.07) is 17.3. The molecule has 0 aliphatic carbocycles. The van der Waals surface area contributed by atoms with Gasteiger partial charge in [0.1, 0.15) is 11.8 Å². The van der Waals surface area contributed by atoms with Gasteiger partial charge in [-0.1, -0.05) is 42.4 Å². The van der Waals surface area contributed by atoms with E-state index >= 15 is 0 Å². The Morgan fingerprint density at radius 1 is 1.21 bits per heavy atom. The molecule has 0 spiro atoms. The van der Waals surface area contributed by atoms with Crippen molar-refractivity contribution in [3.05, 3.63) is 66.1 Å². The van der Waals surface area contributed by atoms with Crippen LogP contribution in [0.2, 0.25) is 0 Å². The molecule has 1 amide bonds. The molecular formula is C23H25N3O3. The molecule has 3 aromatic rings. The summed E-state index contributed by atoms with van der Waals surface area (Å²) >= 11 is 0. The van der Waals surface area contributed by atoms with E-state index in [0.29, 0.717) is 18.3 Å². The number of hydrogen-bond acceptors (Lipinski definition) is 5. The largest absolute Gasteiger partial charge is 0.497 e. The molecule has 1 saturated heterocycles. The molecule has 1 aliphatic heterocycles. The fourth-order valence-corrected chi connectivity index (χ4v) is 3.95. The first-order chi connectivity index (χ1) is 14.2. The molecule has 29 heavy (non-hydrogen) atoms. The molecule has 0 radical (unpaired) electrons. The van der Waals surface area contributed by atoms with Gasteiger partial charge in [0.2, 0.25) is 17.6 Å². The summed E-state index contributed by atoms with van der Waals surface area (Å²) in [6.07, 6.45) is 2.52. The van der Waals surface area contributed by atoms with Gasteiger partial charge in [-0.3, -0.25) is 4.79 Å². The Morgan fingerprint density at radius 3 is 2.66 bits per heavy atom. The van der Waals surface area contributed by atoms with Crippen molar-refractivity contribution >= 4 is 5.91 Å². The number of amides is 1. The monoisotopic (exact) mass is 391 g/mol. The highest BCUT2D eigenvalue weighted by atomic mass is 16.5. The van der Waals surface area contributed by atoms with Gasteiger partial charge < -0.3 is 14.2 Å². The van der Waals surface area contributed by atoms with Crippen molar-refractivity contribution in [1.82, 2.24) is 15.0 Å². The van der Waals surface area contributed by atoms with Crippen LogP contribution in [0.3, 0.4) is 0 Å². The van der Waals surface area contributed by atoms with E-state index in [2.05, 4.69) is 17.1 Å². The standard InChI is InChI=1S/C23H25N3O3/c1-3-19(16-8-5-4-6-9-16)23(27)26-15-7-10-20(26)22-24-21(25-29-22)17-11-13-18(28-2)14-12-17/h4-6,8-9,11-14,19-20H,3,7,10,15H2,1-2H3. The van der Waals surface area contributed by atoms with Crippen molar-refractivity contribution in [3.63, 3.8) is 0 Å². The molecule has 2 aromatic carbocycles. The second-order valence-electron chi connectivity index (χ2n) is 7.25. The zero-order valence-electron chi connectivity index (χ0n) is 16.7. The van der Waals surface area contributed by atoms with E-state index < -0.39 is 0 Å². The molecule has 150 valence electrons. The first-order valence-electron chi connectivity index (χ1n) is 10.0. The summed E-state index contributed by atoms with van der Waals surface area (Å²) in [7, 11) is 1.63. The first-order valence-corrected chi connectivity index (χ1v) is 10.0. The SMILES string of the molecule is CCC(C(=O)N1CCCC1c1nc(-c2ccc(OC)cc2)no1)c1ccccc1. The Kier molecular flexibility index (Phi) is 5.60. The van der Waals surface area contributed by atoms with Crippen molar-refractivity contribution in [1.29, 1.82) is 0 Å². The number of likely N-dealkylation sites (tertiary alicyclic amines) is 1. The third kappa shape index (κ3) is 3.88. The van der Waals surface area contributed by atoms with E-state index in [4.69, 9.17) is 9.26 Å². The zero-order valence-corrected chi connectivity index (χ0v) is 16.7. The second kappa shape index (κ2) is 8.47.